The Labute approximate surface area is 143 Å². The number of sulfonamides is 1. The molecule has 0 unspecified atom stereocenters. The Hall–Kier alpha value is -1.64. The predicted octanol–water partition coefficient (Wildman–Crippen LogP) is 1.00. The summed E-state index contributed by atoms with van der Waals surface area (Å²) in [6.07, 6.45) is 0. The molecule has 0 bridgehead atoms. The predicted molar refractivity (Wildman–Crippen MR) is 93.0 cm³/mol. The van der Waals surface area contributed by atoms with Crippen molar-refractivity contribution in [3.8, 4) is 5.75 Å². The highest BCUT2D eigenvalue weighted by atomic mass is 32.2. The van der Waals surface area contributed by atoms with Gasteiger partial charge in [-0.1, -0.05) is 6.92 Å². The van der Waals surface area contributed by atoms with Crippen LogP contribution < -0.4 is 9.64 Å². The van der Waals surface area contributed by atoms with Crippen LogP contribution in [0.2, 0.25) is 0 Å². The minimum Gasteiger partial charge on any atom is -0.490 e. The van der Waals surface area contributed by atoms with E-state index in [1.165, 1.54) is 23.4 Å². The van der Waals surface area contributed by atoms with E-state index >= 15 is 0 Å². The quantitative estimate of drug-likeness (QED) is 0.761. The maximum atomic E-state index is 12.9. The molecule has 134 valence electrons. The highest BCUT2D eigenvalue weighted by Gasteiger charge is 2.27. The van der Waals surface area contributed by atoms with Gasteiger partial charge in [0.05, 0.1) is 17.1 Å². The summed E-state index contributed by atoms with van der Waals surface area (Å²) in [6.45, 7) is 5.55. The third-order valence-corrected chi connectivity index (χ3v) is 5.93. The molecule has 2 rings (SSSR count). The monoisotopic (exact) mass is 355 g/mol. The molecule has 1 aromatic rings. The number of amides is 1. The number of carbonyl (C=O) groups is 1. The highest BCUT2D eigenvalue weighted by Crippen LogP contribution is 2.34. The minimum absolute atomic E-state index is 0.131. The maximum Gasteiger partial charge on any atom is 0.243 e. The number of nitrogens with zero attached hydrogens (tertiary/aromatic N) is 3. The van der Waals surface area contributed by atoms with Crippen molar-refractivity contribution < 1.29 is 17.9 Å². The van der Waals surface area contributed by atoms with E-state index in [1.54, 1.807) is 11.0 Å². The fraction of sp³-hybridized carbons (Fsp3) is 0.562. The van der Waals surface area contributed by atoms with E-state index in [2.05, 4.69) is 0 Å². The molecule has 0 fully saturated rings. The molecule has 0 saturated heterocycles. The van der Waals surface area contributed by atoms with E-state index in [9.17, 15) is 13.2 Å². The Morgan fingerprint density at radius 1 is 1.29 bits per heavy atom. The minimum atomic E-state index is -3.62. The number of carbonyl (C=O) groups excluding carboxylic acids is 1. The van der Waals surface area contributed by atoms with Gasteiger partial charge in [-0.25, -0.2) is 8.42 Å². The van der Waals surface area contributed by atoms with E-state index in [4.69, 9.17) is 4.74 Å². The van der Waals surface area contributed by atoms with Gasteiger partial charge in [-0.05, 0) is 32.3 Å². The first-order valence-electron chi connectivity index (χ1n) is 7.97. The van der Waals surface area contributed by atoms with Crippen LogP contribution in [0.5, 0.6) is 5.75 Å². The maximum absolute atomic E-state index is 12.9. The van der Waals surface area contributed by atoms with Gasteiger partial charge in [-0.15, -0.1) is 0 Å². The van der Waals surface area contributed by atoms with Crippen molar-refractivity contribution in [2.45, 2.75) is 18.7 Å². The first kappa shape index (κ1) is 18.7. The molecule has 24 heavy (non-hydrogen) atoms. The molecule has 7 nitrogen and oxygen atoms in total. The Bertz CT molecular complexity index is 703. The molecular weight excluding hydrogens is 330 g/mol. The Balaban J connectivity index is 2.37. The lowest BCUT2D eigenvalue weighted by atomic mass is 10.2. The largest absolute Gasteiger partial charge is 0.490 e. The van der Waals surface area contributed by atoms with Crippen molar-refractivity contribution in [2.24, 2.45) is 0 Å². The van der Waals surface area contributed by atoms with Crippen molar-refractivity contribution >= 4 is 21.6 Å². The number of anilines is 1. The summed E-state index contributed by atoms with van der Waals surface area (Å²) in [7, 11) is 0.192. The van der Waals surface area contributed by atoms with Crippen LogP contribution in [-0.4, -0.2) is 70.4 Å². The molecule has 0 spiro atoms. The molecule has 0 N–H and O–H groups in total. The smallest absolute Gasteiger partial charge is 0.243 e. The molecule has 1 heterocycles. The summed E-state index contributed by atoms with van der Waals surface area (Å²) >= 11 is 0. The molecular formula is C16H25N3O4S. The van der Waals surface area contributed by atoms with E-state index in [0.29, 0.717) is 44.2 Å². The molecule has 0 aromatic heterocycles. The Morgan fingerprint density at radius 3 is 2.58 bits per heavy atom. The summed E-state index contributed by atoms with van der Waals surface area (Å²) in [6, 6.07) is 4.69. The number of rotatable bonds is 6. The van der Waals surface area contributed by atoms with Gasteiger partial charge in [0, 0.05) is 26.6 Å². The molecule has 0 atom stereocenters. The van der Waals surface area contributed by atoms with Gasteiger partial charge in [0.15, 0.2) is 0 Å². The van der Waals surface area contributed by atoms with Crippen LogP contribution in [0.4, 0.5) is 5.69 Å². The van der Waals surface area contributed by atoms with Crippen molar-refractivity contribution in [1.82, 2.24) is 9.21 Å². The summed E-state index contributed by atoms with van der Waals surface area (Å²) in [4.78, 5) is 15.5. The fourth-order valence-corrected chi connectivity index (χ4v) is 4.05. The van der Waals surface area contributed by atoms with Crippen LogP contribution in [-0.2, 0) is 14.8 Å². The summed E-state index contributed by atoms with van der Waals surface area (Å²) in [5.41, 5.74) is 0.512. The van der Waals surface area contributed by atoms with E-state index in [0.717, 1.165) is 0 Å². The molecule has 8 heteroatoms. The summed E-state index contributed by atoms with van der Waals surface area (Å²) in [5, 5.41) is 0. The Morgan fingerprint density at radius 2 is 2.00 bits per heavy atom. The summed E-state index contributed by atoms with van der Waals surface area (Å²) in [5.74, 6) is 0.404. The van der Waals surface area contributed by atoms with Crippen molar-refractivity contribution in [3.05, 3.63) is 18.2 Å². The van der Waals surface area contributed by atoms with E-state index < -0.39 is 10.0 Å². The average molecular weight is 355 g/mol. The molecule has 0 saturated carbocycles. The van der Waals surface area contributed by atoms with Crippen LogP contribution in [0.15, 0.2) is 23.1 Å². The zero-order valence-corrected chi connectivity index (χ0v) is 15.5. The van der Waals surface area contributed by atoms with Crippen molar-refractivity contribution in [2.75, 3.05) is 51.8 Å². The lowest BCUT2D eigenvalue weighted by molar-refractivity contribution is -0.116. The fourth-order valence-electron chi connectivity index (χ4n) is 2.59. The van der Waals surface area contributed by atoms with Gasteiger partial charge in [-0.3, -0.25) is 4.79 Å². The number of fused-ring (bicyclic) bond motifs is 1. The van der Waals surface area contributed by atoms with Crippen LogP contribution in [0, 0.1) is 0 Å². The third kappa shape index (κ3) is 3.88. The van der Waals surface area contributed by atoms with Gasteiger partial charge in [-0.2, -0.15) is 4.31 Å². The van der Waals surface area contributed by atoms with Crippen molar-refractivity contribution in [1.29, 1.82) is 0 Å². The first-order valence-corrected chi connectivity index (χ1v) is 9.41. The Kier molecular flexibility index (Phi) is 5.84. The van der Waals surface area contributed by atoms with Crippen molar-refractivity contribution in [3.63, 3.8) is 0 Å². The topological polar surface area (TPSA) is 70.2 Å². The van der Waals surface area contributed by atoms with Gasteiger partial charge in [0.1, 0.15) is 12.4 Å². The third-order valence-electron chi connectivity index (χ3n) is 3.96. The second-order valence-electron chi connectivity index (χ2n) is 5.95. The van der Waals surface area contributed by atoms with Gasteiger partial charge >= 0.3 is 0 Å². The van der Waals surface area contributed by atoms with Gasteiger partial charge in [0.25, 0.3) is 0 Å². The SMILES string of the molecule is CCN(CCN(C)C)S(=O)(=O)c1ccc2c(c1)N(C(C)=O)CCO2. The molecule has 0 radical (unpaired) electrons. The second kappa shape index (κ2) is 7.50. The lowest BCUT2D eigenvalue weighted by Gasteiger charge is -2.29. The molecule has 1 aliphatic heterocycles. The number of hydrogen-bond acceptors (Lipinski definition) is 5. The normalized spacial score (nSPS) is 14.7. The second-order valence-corrected chi connectivity index (χ2v) is 7.89. The average Bonchev–Trinajstić information content (AvgIpc) is 2.53. The molecule has 1 aliphatic rings. The van der Waals surface area contributed by atoms with E-state index in [-0.39, 0.29) is 10.8 Å². The van der Waals surface area contributed by atoms with Crippen LogP contribution in [0.25, 0.3) is 0 Å². The zero-order valence-electron chi connectivity index (χ0n) is 14.7. The summed E-state index contributed by atoms with van der Waals surface area (Å²) < 4.78 is 32.8. The van der Waals surface area contributed by atoms with Gasteiger partial charge < -0.3 is 14.5 Å². The number of benzene rings is 1. The van der Waals surface area contributed by atoms with E-state index in [1.807, 2.05) is 25.9 Å². The number of hydrogen-bond donors (Lipinski definition) is 0. The van der Waals surface area contributed by atoms with Crippen LogP contribution in [0.1, 0.15) is 13.8 Å². The molecule has 1 aromatic carbocycles. The van der Waals surface area contributed by atoms with Crippen LogP contribution >= 0.6 is 0 Å². The standard InChI is InChI=1S/C16H25N3O4S/c1-5-18(9-8-17(3)4)24(21,22)14-6-7-16-15(12-14)19(13(2)20)10-11-23-16/h6-7,12H,5,8-11H2,1-4H3. The lowest BCUT2D eigenvalue weighted by Crippen LogP contribution is -2.38. The molecule has 0 aliphatic carbocycles. The number of likely N-dealkylation sites (N-methyl/N-ethyl adjacent to an activating group) is 2. The molecule has 1 amide bonds. The van der Waals surface area contributed by atoms with Gasteiger partial charge in [0.2, 0.25) is 15.9 Å². The zero-order chi connectivity index (χ0) is 17.9. The van der Waals surface area contributed by atoms with Crippen LogP contribution in [0.3, 0.4) is 0 Å². The first-order chi connectivity index (χ1) is 11.3. The highest BCUT2D eigenvalue weighted by molar-refractivity contribution is 7.89. The number of ether oxygens (including phenoxy) is 1.